The van der Waals surface area contributed by atoms with E-state index in [1.807, 2.05) is 27.7 Å². The number of hydrogen-bond donors (Lipinski definition) is 0. The summed E-state index contributed by atoms with van der Waals surface area (Å²) >= 11 is 0. The third-order valence-electron chi connectivity index (χ3n) is 4.54. The maximum absolute atomic E-state index is 6.05. The molecule has 0 N–H and O–H groups in total. The molecule has 0 aliphatic heterocycles. The fourth-order valence-corrected chi connectivity index (χ4v) is 3.44. The van der Waals surface area contributed by atoms with E-state index in [1.165, 1.54) is 32.1 Å². The van der Waals surface area contributed by atoms with Crippen LogP contribution in [0.1, 0.15) is 99.3 Å². The number of unbranched alkanes of at least 4 members (excludes halogenated alkanes) is 5. The predicted octanol–water partition coefficient (Wildman–Crippen LogP) is 6.88. The molecule has 0 spiro atoms. The summed E-state index contributed by atoms with van der Waals surface area (Å²) in [6.45, 7) is 17.2. The van der Waals surface area contributed by atoms with Gasteiger partial charge in [0, 0.05) is 26.9 Å². The minimum absolute atomic E-state index is 0.533. The number of methoxy groups -OCH3 is 1. The third kappa shape index (κ3) is 10.6. The molecule has 0 saturated carbocycles. The molecule has 0 amide bonds. The first-order valence-corrected chi connectivity index (χ1v) is 11.1. The Morgan fingerprint density at radius 3 is 1.52 bits per heavy atom. The van der Waals surface area contributed by atoms with Gasteiger partial charge in [0.05, 0.1) is 0 Å². The molecule has 0 aliphatic carbocycles. The summed E-state index contributed by atoms with van der Waals surface area (Å²) in [6, 6.07) is 0. The highest BCUT2D eigenvalue weighted by atomic mass is 16.9. The van der Waals surface area contributed by atoms with Crippen molar-refractivity contribution in [3.8, 4) is 0 Å². The molecule has 0 aromatic heterocycles. The van der Waals surface area contributed by atoms with Crippen molar-refractivity contribution >= 4 is 0 Å². The van der Waals surface area contributed by atoms with E-state index in [2.05, 4.69) is 20.4 Å². The largest absolute Gasteiger partial charge is 0.370 e. The second-order valence-electron chi connectivity index (χ2n) is 6.73. The molecule has 0 aromatic carbocycles. The molecule has 0 saturated heterocycles. The van der Waals surface area contributed by atoms with Crippen molar-refractivity contribution < 1.29 is 18.9 Å². The zero-order valence-electron chi connectivity index (χ0n) is 19.4. The van der Waals surface area contributed by atoms with E-state index in [0.29, 0.717) is 19.8 Å². The Morgan fingerprint density at radius 1 is 0.704 bits per heavy atom. The van der Waals surface area contributed by atoms with Gasteiger partial charge in [0.15, 0.2) is 0 Å². The van der Waals surface area contributed by atoms with E-state index in [0.717, 1.165) is 25.7 Å². The Kier molecular flexibility index (Phi) is 20.2. The summed E-state index contributed by atoms with van der Waals surface area (Å²) in [7, 11) is 1.76. The highest BCUT2D eigenvalue weighted by Crippen LogP contribution is 2.40. The van der Waals surface area contributed by atoms with E-state index >= 15 is 0 Å². The number of ether oxygens (including phenoxy) is 4. The van der Waals surface area contributed by atoms with Crippen molar-refractivity contribution in [3.63, 3.8) is 0 Å². The van der Waals surface area contributed by atoms with Crippen molar-refractivity contribution in [2.24, 2.45) is 0 Å². The van der Waals surface area contributed by atoms with E-state index in [4.69, 9.17) is 18.9 Å². The molecule has 164 valence electrons. The van der Waals surface area contributed by atoms with E-state index in [9.17, 15) is 0 Å². The van der Waals surface area contributed by atoms with Gasteiger partial charge < -0.3 is 18.9 Å². The SMILES string of the molecule is C=CC.CCCCCCCCC(CCC)(OC)C(OCC)(OCC)OCC. The lowest BCUT2D eigenvalue weighted by Crippen LogP contribution is -2.60. The minimum atomic E-state index is -1.11. The van der Waals surface area contributed by atoms with Crippen LogP contribution in [0.15, 0.2) is 12.7 Å². The summed E-state index contributed by atoms with van der Waals surface area (Å²) in [5.41, 5.74) is -0.561. The second-order valence-corrected chi connectivity index (χ2v) is 6.73. The Bertz CT molecular complexity index is 302. The topological polar surface area (TPSA) is 36.9 Å². The molecule has 1 atom stereocenters. The van der Waals surface area contributed by atoms with Crippen molar-refractivity contribution in [3.05, 3.63) is 12.7 Å². The Hall–Kier alpha value is -0.420. The van der Waals surface area contributed by atoms with E-state index < -0.39 is 11.6 Å². The summed E-state index contributed by atoms with van der Waals surface area (Å²) in [6.07, 6.45) is 12.0. The zero-order chi connectivity index (χ0) is 21.0. The fraction of sp³-hybridized carbons (Fsp3) is 0.913. The van der Waals surface area contributed by atoms with Gasteiger partial charge in [-0.25, -0.2) is 0 Å². The summed E-state index contributed by atoms with van der Waals surface area (Å²) in [5, 5.41) is 0. The van der Waals surface area contributed by atoms with Crippen LogP contribution < -0.4 is 0 Å². The lowest BCUT2D eigenvalue weighted by molar-refractivity contribution is -0.444. The molecule has 0 heterocycles. The molecule has 4 heteroatoms. The maximum atomic E-state index is 6.05. The summed E-state index contributed by atoms with van der Waals surface area (Å²) in [4.78, 5) is 0. The molecule has 27 heavy (non-hydrogen) atoms. The van der Waals surface area contributed by atoms with E-state index in [-0.39, 0.29) is 0 Å². The fourth-order valence-electron chi connectivity index (χ4n) is 3.44. The average Bonchev–Trinajstić information content (AvgIpc) is 2.65. The van der Waals surface area contributed by atoms with Crippen LogP contribution in [0.2, 0.25) is 0 Å². The highest BCUT2D eigenvalue weighted by Gasteiger charge is 2.55. The molecule has 0 aliphatic rings. The Balaban J connectivity index is 0. The Labute approximate surface area is 170 Å². The van der Waals surface area contributed by atoms with Gasteiger partial charge >= 0.3 is 5.97 Å². The van der Waals surface area contributed by atoms with Crippen molar-refractivity contribution in [1.29, 1.82) is 0 Å². The van der Waals surface area contributed by atoms with Crippen molar-refractivity contribution in [2.75, 3.05) is 26.9 Å². The maximum Gasteiger partial charge on any atom is 0.313 e. The highest BCUT2D eigenvalue weighted by molar-refractivity contribution is 4.91. The monoisotopic (exact) mass is 388 g/mol. The first kappa shape index (κ1) is 28.8. The van der Waals surface area contributed by atoms with Crippen LogP contribution in [0.3, 0.4) is 0 Å². The minimum Gasteiger partial charge on any atom is -0.370 e. The van der Waals surface area contributed by atoms with Crippen LogP contribution in [0.5, 0.6) is 0 Å². The predicted molar refractivity (Wildman–Crippen MR) is 116 cm³/mol. The zero-order valence-corrected chi connectivity index (χ0v) is 19.4. The van der Waals surface area contributed by atoms with Crippen molar-refractivity contribution in [2.45, 2.75) is 111 Å². The lowest BCUT2D eigenvalue weighted by Gasteiger charge is -2.47. The standard InChI is InChI=1S/C20H42O4.C3H6/c1-7-12-13-14-15-16-18-19(21-6,17-8-2)20(22-9-3,23-10-4)24-11-5;1-3-2/h7-18H2,1-6H3;3H,1H2,2H3. The van der Waals surface area contributed by atoms with Crippen molar-refractivity contribution in [1.82, 2.24) is 0 Å². The quantitative estimate of drug-likeness (QED) is 0.155. The molecule has 0 bridgehead atoms. The van der Waals surface area contributed by atoms with E-state index in [1.54, 1.807) is 13.2 Å². The molecule has 1 unspecified atom stereocenters. The Morgan fingerprint density at radius 2 is 1.15 bits per heavy atom. The first-order chi connectivity index (χ1) is 13.0. The molecule has 0 radical (unpaired) electrons. The summed E-state index contributed by atoms with van der Waals surface area (Å²) < 4.78 is 24.2. The summed E-state index contributed by atoms with van der Waals surface area (Å²) in [5.74, 6) is -1.11. The van der Waals surface area contributed by atoms with Crippen LogP contribution in [0.25, 0.3) is 0 Å². The molecular formula is C23H48O4. The van der Waals surface area contributed by atoms with Gasteiger partial charge in [-0.2, -0.15) is 0 Å². The number of rotatable bonds is 17. The van der Waals surface area contributed by atoms with Crippen LogP contribution in [0, 0.1) is 0 Å². The van der Waals surface area contributed by atoms with Crippen LogP contribution >= 0.6 is 0 Å². The number of hydrogen-bond acceptors (Lipinski definition) is 4. The third-order valence-corrected chi connectivity index (χ3v) is 4.54. The van der Waals surface area contributed by atoms with Gasteiger partial charge in [-0.1, -0.05) is 64.9 Å². The number of allylic oxidation sites excluding steroid dienone is 1. The molecule has 0 rings (SSSR count). The van der Waals surface area contributed by atoms with Gasteiger partial charge in [0.2, 0.25) is 0 Å². The van der Waals surface area contributed by atoms with Gasteiger partial charge in [-0.3, -0.25) is 0 Å². The normalized spacial score (nSPS) is 13.6. The molecular weight excluding hydrogens is 340 g/mol. The van der Waals surface area contributed by atoms with Gasteiger partial charge in [-0.05, 0) is 40.5 Å². The van der Waals surface area contributed by atoms with Crippen LogP contribution in [-0.2, 0) is 18.9 Å². The molecule has 0 fully saturated rings. The average molecular weight is 389 g/mol. The second kappa shape index (κ2) is 18.9. The first-order valence-electron chi connectivity index (χ1n) is 11.1. The molecule has 0 aromatic rings. The van der Waals surface area contributed by atoms with Crippen LogP contribution in [-0.4, -0.2) is 38.5 Å². The molecule has 4 nitrogen and oxygen atoms in total. The van der Waals surface area contributed by atoms with Crippen LogP contribution in [0.4, 0.5) is 0 Å². The van der Waals surface area contributed by atoms with Gasteiger partial charge in [0.1, 0.15) is 5.60 Å². The van der Waals surface area contributed by atoms with Gasteiger partial charge in [0.25, 0.3) is 0 Å². The smallest absolute Gasteiger partial charge is 0.313 e. The van der Waals surface area contributed by atoms with Gasteiger partial charge in [-0.15, -0.1) is 6.58 Å². The lowest BCUT2D eigenvalue weighted by atomic mass is 9.87.